The number of benzene rings is 1. The van der Waals surface area contributed by atoms with Gasteiger partial charge in [-0.05, 0) is 43.2 Å². The lowest BCUT2D eigenvalue weighted by atomic mass is 10.1. The van der Waals surface area contributed by atoms with Crippen LogP contribution in [-0.2, 0) is 6.54 Å². The van der Waals surface area contributed by atoms with Crippen LogP contribution in [0.4, 0.5) is 0 Å². The van der Waals surface area contributed by atoms with Crippen molar-refractivity contribution in [1.82, 2.24) is 10.3 Å². The van der Waals surface area contributed by atoms with Gasteiger partial charge < -0.3 is 5.32 Å². The fraction of sp³-hybridized carbons (Fsp3) is 0.267. The Morgan fingerprint density at radius 2 is 2.11 bits per heavy atom. The average molecular weight is 340 g/mol. The first-order valence-electron chi connectivity index (χ1n) is 6.16. The monoisotopic (exact) mass is 338 g/mol. The van der Waals surface area contributed by atoms with Crippen LogP contribution in [0.15, 0.2) is 41.0 Å². The zero-order valence-electron chi connectivity index (χ0n) is 11.0. The van der Waals surface area contributed by atoms with Crippen molar-refractivity contribution in [3.63, 3.8) is 0 Å². The van der Waals surface area contributed by atoms with Crippen LogP contribution in [0.2, 0.25) is 5.02 Å². The van der Waals surface area contributed by atoms with Crippen LogP contribution in [0, 0.1) is 6.92 Å². The molecule has 0 spiro atoms. The summed E-state index contributed by atoms with van der Waals surface area (Å²) in [7, 11) is 0. The smallest absolute Gasteiger partial charge is 0.0464 e. The number of pyridine rings is 1. The Labute approximate surface area is 127 Å². The van der Waals surface area contributed by atoms with Gasteiger partial charge in [0.15, 0.2) is 0 Å². The molecule has 0 aliphatic heterocycles. The number of rotatable bonds is 4. The third kappa shape index (κ3) is 4.03. The van der Waals surface area contributed by atoms with Gasteiger partial charge in [0, 0.05) is 34.0 Å². The molecule has 0 fully saturated rings. The molecule has 1 N–H and O–H groups in total. The van der Waals surface area contributed by atoms with E-state index in [0.717, 1.165) is 27.3 Å². The summed E-state index contributed by atoms with van der Waals surface area (Å²) < 4.78 is 0.996. The fourth-order valence-corrected chi connectivity index (χ4v) is 2.67. The quantitative estimate of drug-likeness (QED) is 0.876. The van der Waals surface area contributed by atoms with Crippen LogP contribution in [-0.4, -0.2) is 4.98 Å². The molecule has 0 radical (unpaired) electrons. The summed E-state index contributed by atoms with van der Waals surface area (Å²) in [5, 5.41) is 4.23. The molecule has 0 saturated carbocycles. The first-order chi connectivity index (χ1) is 9.06. The Morgan fingerprint density at radius 3 is 2.74 bits per heavy atom. The summed E-state index contributed by atoms with van der Waals surface area (Å²) in [6.45, 7) is 4.87. The SMILES string of the molecule is Cc1ccc(CNC(C)c2ccc(Br)cc2Cl)cn1. The Hall–Kier alpha value is -0.900. The van der Waals surface area contributed by atoms with Crippen molar-refractivity contribution in [3.8, 4) is 0 Å². The van der Waals surface area contributed by atoms with Gasteiger partial charge in [-0.15, -0.1) is 0 Å². The average Bonchev–Trinajstić information content (AvgIpc) is 2.37. The second-order valence-electron chi connectivity index (χ2n) is 4.58. The molecule has 100 valence electrons. The predicted octanol–water partition coefficient (Wildman–Crippen LogP) is 4.66. The second kappa shape index (κ2) is 6.51. The van der Waals surface area contributed by atoms with Crippen molar-refractivity contribution in [1.29, 1.82) is 0 Å². The van der Waals surface area contributed by atoms with Crippen LogP contribution >= 0.6 is 27.5 Å². The lowest BCUT2D eigenvalue weighted by molar-refractivity contribution is 0.574. The van der Waals surface area contributed by atoms with Crippen molar-refractivity contribution < 1.29 is 0 Å². The Balaban J connectivity index is 2.01. The molecule has 0 amide bonds. The third-order valence-corrected chi connectivity index (χ3v) is 3.83. The Kier molecular flexibility index (Phi) is 4.97. The van der Waals surface area contributed by atoms with Crippen LogP contribution in [0.3, 0.4) is 0 Å². The highest BCUT2D eigenvalue weighted by Gasteiger charge is 2.09. The van der Waals surface area contributed by atoms with Gasteiger partial charge >= 0.3 is 0 Å². The van der Waals surface area contributed by atoms with E-state index < -0.39 is 0 Å². The number of hydrogen-bond donors (Lipinski definition) is 1. The summed E-state index contributed by atoms with van der Waals surface area (Å²) in [5.74, 6) is 0. The standard InChI is InChI=1S/C15H16BrClN2/c1-10-3-4-12(8-18-10)9-19-11(2)14-6-5-13(16)7-15(14)17/h3-8,11,19H,9H2,1-2H3. The van der Waals surface area contributed by atoms with E-state index in [1.165, 1.54) is 5.56 Å². The summed E-state index contributed by atoms with van der Waals surface area (Å²) in [6.07, 6.45) is 1.90. The highest BCUT2D eigenvalue weighted by molar-refractivity contribution is 9.10. The van der Waals surface area contributed by atoms with Gasteiger partial charge in [-0.3, -0.25) is 4.98 Å². The molecular formula is C15H16BrClN2. The highest BCUT2D eigenvalue weighted by Crippen LogP contribution is 2.26. The molecule has 0 aliphatic rings. The van der Waals surface area contributed by atoms with E-state index >= 15 is 0 Å². The molecule has 1 heterocycles. The van der Waals surface area contributed by atoms with Crippen LogP contribution in [0.25, 0.3) is 0 Å². The van der Waals surface area contributed by atoms with Crippen molar-refractivity contribution in [2.45, 2.75) is 26.4 Å². The van der Waals surface area contributed by atoms with Gasteiger partial charge in [0.05, 0.1) is 0 Å². The minimum Gasteiger partial charge on any atom is -0.306 e. The zero-order chi connectivity index (χ0) is 13.8. The molecule has 2 aromatic rings. The summed E-state index contributed by atoms with van der Waals surface area (Å²) in [5.41, 5.74) is 3.31. The number of nitrogens with zero attached hydrogens (tertiary/aromatic N) is 1. The number of aryl methyl sites for hydroxylation is 1. The maximum absolute atomic E-state index is 6.24. The first kappa shape index (κ1) is 14.5. The number of hydrogen-bond acceptors (Lipinski definition) is 2. The van der Waals surface area contributed by atoms with Crippen molar-refractivity contribution in [2.75, 3.05) is 0 Å². The summed E-state index contributed by atoms with van der Waals surface area (Å²) in [4.78, 5) is 4.29. The molecule has 2 nitrogen and oxygen atoms in total. The fourth-order valence-electron chi connectivity index (χ4n) is 1.84. The summed E-state index contributed by atoms with van der Waals surface area (Å²) >= 11 is 9.66. The largest absolute Gasteiger partial charge is 0.306 e. The van der Waals surface area contributed by atoms with Crippen molar-refractivity contribution in [3.05, 3.63) is 62.8 Å². The molecule has 19 heavy (non-hydrogen) atoms. The molecule has 0 bridgehead atoms. The second-order valence-corrected chi connectivity index (χ2v) is 5.90. The normalized spacial score (nSPS) is 12.4. The van der Waals surface area contributed by atoms with E-state index in [1.807, 2.05) is 37.4 Å². The lowest BCUT2D eigenvalue weighted by Gasteiger charge is -2.16. The van der Waals surface area contributed by atoms with Crippen molar-refractivity contribution >= 4 is 27.5 Å². The van der Waals surface area contributed by atoms with Crippen LogP contribution in [0.1, 0.15) is 29.8 Å². The van der Waals surface area contributed by atoms with E-state index in [0.29, 0.717) is 0 Å². The maximum atomic E-state index is 6.24. The Bertz CT molecular complexity index is 555. The zero-order valence-corrected chi connectivity index (χ0v) is 13.3. The minimum absolute atomic E-state index is 0.196. The van der Waals surface area contributed by atoms with Crippen LogP contribution in [0.5, 0.6) is 0 Å². The van der Waals surface area contributed by atoms with E-state index in [9.17, 15) is 0 Å². The predicted molar refractivity (Wildman–Crippen MR) is 83.4 cm³/mol. The maximum Gasteiger partial charge on any atom is 0.0464 e. The highest BCUT2D eigenvalue weighted by atomic mass is 79.9. The number of nitrogens with one attached hydrogen (secondary N) is 1. The van der Waals surface area contributed by atoms with Crippen LogP contribution < -0.4 is 5.32 Å². The minimum atomic E-state index is 0.196. The third-order valence-electron chi connectivity index (χ3n) is 3.01. The van der Waals surface area contributed by atoms with Gasteiger partial charge in [-0.1, -0.05) is 39.7 Å². The van der Waals surface area contributed by atoms with E-state index in [2.05, 4.69) is 39.2 Å². The Morgan fingerprint density at radius 1 is 1.32 bits per heavy atom. The molecule has 1 unspecified atom stereocenters. The van der Waals surface area contributed by atoms with Gasteiger partial charge in [-0.25, -0.2) is 0 Å². The molecule has 0 saturated heterocycles. The number of aromatic nitrogens is 1. The van der Waals surface area contributed by atoms with Gasteiger partial charge in [-0.2, -0.15) is 0 Å². The van der Waals surface area contributed by atoms with E-state index in [4.69, 9.17) is 11.6 Å². The van der Waals surface area contributed by atoms with Gasteiger partial charge in [0.1, 0.15) is 0 Å². The molecule has 1 aromatic heterocycles. The van der Waals surface area contributed by atoms with Gasteiger partial charge in [0.25, 0.3) is 0 Å². The van der Waals surface area contributed by atoms with E-state index in [-0.39, 0.29) is 6.04 Å². The molecule has 1 atom stereocenters. The lowest BCUT2D eigenvalue weighted by Crippen LogP contribution is -2.18. The number of halogens is 2. The topological polar surface area (TPSA) is 24.9 Å². The van der Waals surface area contributed by atoms with E-state index in [1.54, 1.807) is 0 Å². The first-order valence-corrected chi connectivity index (χ1v) is 7.33. The molecule has 2 rings (SSSR count). The summed E-state index contributed by atoms with van der Waals surface area (Å²) in [6, 6.07) is 10.3. The molecule has 4 heteroatoms. The molecular weight excluding hydrogens is 324 g/mol. The van der Waals surface area contributed by atoms with Crippen molar-refractivity contribution in [2.24, 2.45) is 0 Å². The molecule has 1 aromatic carbocycles. The van der Waals surface area contributed by atoms with Gasteiger partial charge in [0.2, 0.25) is 0 Å². The molecule has 0 aliphatic carbocycles.